The average Bonchev–Trinajstić information content (AvgIpc) is 3.03. The highest BCUT2D eigenvalue weighted by Crippen LogP contribution is 2.44. The van der Waals surface area contributed by atoms with Crippen molar-refractivity contribution in [3.8, 4) is 6.07 Å². The minimum absolute atomic E-state index is 0.293. The molecule has 1 aliphatic heterocycles. The molecule has 1 aliphatic rings. The number of aliphatic hydroxyl groups excluding tert-OH is 2. The zero-order valence-electron chi connectivity index (χ0n) is 10.8. The third-order valence-corrected chi connectivity index (χ3v) is 4.75. The van der Waals surface area contributed by atoms with Crippen molar-refractivity contribution < 1.29 is 14.9 Å². The maximum absolute atomic E-state index is 10.0. The quantitative estimate of drug-likeness (QED) is 0.555. The van der Waals surface area contributed by atoms with Gasteiger partial charge in [0.25, 0.3) is 0 Å². The Morgan fingerprint density at radius 3 is 2.90 bits per heavy atom. The molecule has 3 rings (SSSR count). The first-order chi connectivity index (χ1) is 10.0. The van der Waals surface area contributed by atoms with Crippen LogP contribution in [0.25, 0.3) is 10.9 Å². The maximum Gasteiger partial charge on any atom is 0.208 e. The fourth-order valence-corrected chi connectivity index (χ4v) is 3.65. The van der Waals surface area contributed by atoms with Crippen LogP contribution < -0.4 is 11.5 Å². The van der Waals surface area contributed by atoms with Crippen molar-refractivity contribution in [2.75, 3.05) is 12.3 Å². The molecule has 1 fully saturated rings. The lowest BCUT2D eigenvalue weighted by Crippen LogP contribution is -2.46. The molecule has 0 amide bonds. The van der Waals surface area contributed by atoms with Gasteiger partial charge in [0.1, 0.15) is 30.4 Å². The van der Waals surface area contributed by atoms with Crippen molar-refractivity contribution in [1.29, 1.82) is 5.26 Å². The molecule has 1 unspecified atom stereocenters. The van der Waals surface area contributed by atoms with E-state index in [-0.39, 0.29) is 0 Å². The second-order valence-electron chi connectivity index (χ2n) is 4.79. The van der Waals surface area contributed by atoms with E-state index in [0.29, 0.717) is 21.6 Å². The molecular formula is C12H13N5O3S. The zero-order valence-corrected chi connectivity index (χ0v) is 11.6. The van der Waals surface area contributed by atoms with Crippen LogP contribution in [0.3, 0.4) is 0 Å². The van der Waals surface area contributed by atoms with Crippen LogP contribution in [-0.2, 0) is 10.3 Å². The van der Waals surface area contributed by atoms with Crippen LogP contribution >= 0.6 is 11.3 Å². The molecule has 2 aromatic rings. The molecule has 110 valence electrons. The van der Waals surface area contributed by atoms with Gasteiger partial charge in [-0.25, -0.2) is 9.97 Å². The fraction of sp³-hybridized carbons (Fsp3) is 0.417. The molecule has 0 radical (unpaired) electrons. The number of aliphatic hydroxyl groups is 2. The second kappa shape index (κ2) is 4.87. The summed E-state index contributed by atoms with van der Waals surface area (Å²) in [6.07, 6.45) is -0.777. The topological polar surface area (TPSA) is 151 Å². The number of ether oxygens (including phenoxy) is 1. The van der Waals surface area contributed by atoms with E-state index in [0.717, 1.165) is 0 Å². The Bertz CT molecular complexity index is 729. The predicted molar refractivity (Wildman–Crippen MR) is 75.1 cm³/mol. The highest BCUT2D eigenvalue weighted by Gasteiger charge is 2.56. The number of hydrogen-bond donors (Lipinski definition) is 4. The number of thiophene rings is 1. The zero-order chi connectivity index (χ0) is 15.2. The molecule has 0 aliphatic carbocycles. The van der Waals surface area contributed by atoms with Gasteiger partial charge in [-0.15, -0.1) is 11.3 Å². The summed E-state index contributed by atoms with van der Waals surface area (Å²) in [5.74, 6) is 0.293. The van der Waals surface area contributed by atoms with Crippen LogP contribution in [0.15, 0.2) is 11.7 Å². The smallest absolute Gasteiger partial charge is 0.208 e. The summed E-state index contributed by atoms with van der Waals surface area (Å²) in [4.78, 5) is 8.48. The van der Waals surface area contributed by atoms with E-state index in [4.69, 9.17) is 16.2 Å². The minimum atomic E-state index is -1.57. The van der Waals surface area contributed by atoms with Crippen LogP contribution in [0.2, 0.25) is 0 Å². The lowest BCUT2D eigenvalue weighted by Gasteiger charge is -2.24. The van der Waals surface area contributed by atoms with E-state index in [9.17, 15) is 15.5 Å². The van der Waals surface area contributed by atoms with Crippen molar-refractivity contribution in [3.05, 3.63) is 16.6 Å². The lowest BCUT2D eigenvalue weighted by molar-refractivity contribution is -0.0487. The summed E-state index contributed by atoms with van der Waals surface area (Å²) in [6, 6.07) is 1.02. The molecule has 4 atom stereocenters. The van der Waals surface area contributed by atoms with Crippen LogP contribution in [0, 0.1) is 11.3 Å². The molecular weight excluding hydrogens is 294 g/mol. The van der Waals surface area contributed by atoms with Crippen LogP contribution in [0.5, 0.6) is 0 Å². The summed E-state index contributed by atoms with van der Waals surface area (Å²) in [7, 11) is 0. The molecule has 0 aromatic carbocycles. The van der Waals surface area contributed by atoms with Gasteiger partial charge in [0.2, 0.25) is 5.60 Å². The molecule has 2 aromatic heterocycles. The molecule has 0 bridgehead atoms. The number of hydrogen-bond acceptors (Lipinski definition) is 9. The third-order valence-electron chi connectivity index (χ3n) is 3.66. The van der Waals surface area contributed by atoms with Crippen molar-refractivity contribution >= 4 is 28.1 Å². The Balaban J connectivity index is 2.20. The number of rotatable bonds is 2. The number of aromatic nitrogens is 2. The van der Waals surface area contributed by atoms with E-state index in [1.807, 2.05) is 6.07 Å². The molecule has 0 spiro atoms. The van der Waals surface area contributed by atoms with Crippen molar-refractivity contribution in [2.24, 2.45) is 5.73 Å². The van der Waals surface area contributed by atoms with Gasteiger partial charge in [-0.2, -0.15) is 5.26 Å². The summed E-state index contributed by atoms with van der Waals surface area (Å²) >= 11 is 1.21. The molecule has 0 saturated carbocycles. The number of fused-ring (bicyclic) bond motifs is 1. The number of nitrogens with zero attached hydrogens (tertiary/aromatic N) is 3. The van der Waals surface area contributed by atoms with Gasteiger partial charge in [0.15, 0.2) is 0 Å². The third kappa shape index (κ3) is 1.81. The average molecular weight is 307 g/mol. The van der Waals surface area contributed by atoms with Crippen molar-refractivity contribution in [1.82, 2.24) is 9.97 Å². The highest BCUT2D eigenvalue weighted by molar-refractivity contribution is 7.11. The van der Waals surface area contributed by atoms with Crippen LogP contribution in [-0.4, -0.2) is 45.0 Å². The first-order valence-corrected chi connectivity index (χ1v) is 7.05. The normalized spacial score (nSPS) is 32.4. The number of nitrogens with two attached hydrogens (primary N) is 2. The first-order valence-electron chi connectivity index (χ1n) is 6.17. The number of anilines is 1. The Labute approximate surface area is 123 Å². The number of nitriles is 1. The standard InChI is InChI=1S/C12H13N5O3S/c13-3-12(9(14)8(19)6(1-18)20-12)10-7-5(2-21-10)11(15)17-4-16-7/h2,4,6,8-9,18-19H,1,14H2,(H2,15,16,17)/t6-,8-,9?,12-/m1/s1. The van der Waals surface area contributed by atoms with Gasteiger partial charge in [-0.3, -0.25) is 0 Å². The lowest BCUT2D eigenvalue weighted by atomic mass is 9.91. The molecule has 1 saturated heterocycles. The summed E-state index contributed by atoms with van der Waals surface area (Å²) in [5, 5.41) is 31.2. The van der Waals surface area contributed by atoms with Crippen molar-refractivity contribution in [2.45, 2.75) is 23.9 Å². The highest BCUT2D eigenvalue weighted by atomic mass is 32.1. The molecule has 21 heavy (non-hydrogen) atoms. The molecule has 6 N–H and O–H groups in total. The van der Waals surface area contributed by atoms with E-state index in [1.165, 1.54) is 17.7 Å². The largest absolute Gasteiger partial charge is 0.394 e. The van der Waals surface area contributed by atoms with Crippen molar-refractivity contribution in [3.63, 3.8) is 0 Å². The van der Waals surface area contributed by atoms with Gasteiger partial charge in [0, 0.05) is 5.38 Å². The monoisotopic (exact) mass is 307 g/mol. The van der Waals surface area contributed by atoms with E-state index in [1.54, 1.807) is 5.38 Å². The summed E-state index contributed by atoms with van der Waals surface area (Å²) in [6.45, 7) is -0.432. The van der Waals surface area contributed by atoms with Gasteiger partial charge >= 0.3 is 0 Å². The predicted octanol–water partition coefficient (Wildman–Crippen LogP) is -0.928. The van der Waals surface area contributed by atoms with Gasteiger partial charge in [-0.05, 0) is 0 Å². The summed E-state index contributed by atoms with van der Waals surface area (Å²) < 4.78 is 5.59. The SMILES string of the molecule is N#C[C@@]1(c2scc3c(N)ncnc23)O[C@H](CO)[C@@H](O)C1N. The second-order valence-corrected chi connectivity index (χ2v) is 5.67. The minimum Gasteiger partial charge on any atom is -0.394 e. The van der Waals surface area contributed by atoms with E-state index >= 15 is 0 Å². The fourth-order valence-electron chi connectivity index (χ4n) is 2.50. The van der Waals surface area contributed by atoms with Gasteiger partial charge < -0.3 is 26.4 Å². The van der Waals surface area contributed by atoms with E-state index < -0.39 is 30.5 Å². The molecule has 3 heterocycles. The van der Waals surface area contributed by atoms with Crippen LogP contribution in [0.4, 0.5) is 5.82 Å². The Hall–Kier alpha value is -1.83. The Morgan fingerprint density at radius 1 is 1.52 bits per heavy atom. The first kappa shape index (κ1) is 14.1. The van der Waals surface area contributed by atoms with E-state index in [2.05, 4.69) is 9.97 Å². The Kier molecular flexibility index (Phi) is 3.27. The Morgan fingerprint density at radius 2 is 2.29 bits per heavy atom. The van der Waals surface area contributed by atoms with Crippen LogP contribution in [0.1, 0.15) is 4.88 Å². The molecule has 9 heteroatoms. The van der Waals surface area contributed by atoms with Gasteiger partial charge in [-0.1, -0.05) is 0 Å². The van der Waals surface area contributed by atoms with Gasteiger partial charge in [0.05, 0.1) is 28.4 Å². The maximum atomic E-state index is 10.0. The molecule has 8 nitrogen and oxygen atoms in total. The summed E-state index contributed by atoms with van der Waals surface area (Å²) in [5.41, 5.74) is 10.7. The number of nitrogen functional groups attached to an aromatic ring is 1.